The summed E-state index contributed by atoms with van der Waals surface area (Å²) in [5, 5.41) is 11.2. The molecule has 0 saturated carbocycles. The molecule has 1 atom stereocenters. The van der Waals surface area contributed by atoms with Gasteiger partial charge in [-0.25, -0.2) is 0 Å². The van der Waals surface area contributed by atoms with Crippen LogP contribution >= 0.6 is 11.8 Å². The third-order valence-electron chi connectivity index (χ3n) is 3.49. The molecule has 21 heavy (non-hydrogen) atoms. The first-order valence-electron chi connectivity index (χ1n) is 6.51. The van der Waals surface area contributed by atoms with Gasteiger partial charge in [0.2, 0.25) is 5.91 Å². The molecule has 1 aliphatic heterocycles. The average molecular weight is 302 g/mol. The van der Waals surface area contributed by atoms with E-state index in [0.717, 1.165) is 11.3 Å². The van der Waals surface area contributed by atoms with Gasteiger partial charge in [-0.1, -0.05) is 11.8 Å². The number of carbonyl (C=O) groups excluding carboxylic acids is 2. The van der Waals surface area contributed by atoms with Crippen LogP contribution in [0, 0.1) is 0 Å². The molecule has 1 aliphatic rings. The van der Waals surface area contributed by atoms with E-state index in [4.69, 9.17) is 0 Å². The molecule has 3 rings (SSSR count). The third kappa shape index (κ3) is 2.56. The van der Waals surface area contributed by atoms with Gasteiger partial charge in [-0.15, -0.1) is 10.2 Å². The summed E-state index contributed by atoms with van der Waals surface area (Å²) in [6, 6.07) is 5.34. The molecule has 108 valence electrons. The second-order valence-corrected chi connectivity index (χ2v) is 5.89. The number of amides is 1. The number of nitrogens with one attached hydrogen (secondary N) is 1. The molecule has 1 N–H and O–H groups in total. The highest BCUT2D eigenvalue weighted by molar-refractivity contribution is 7.99. The van der Waals surface area contributed by atoms with Crippen LogP contribution in [0.25, 0.3) is 0 Å². The molecule has 0 bridgehead atoms. The number of ketones is 1. The van der Waals surface area contributed by atoms with Crippen LogP contribution in [0.3, 0.4) is 0 Å². The molecule has 0 fully saturated rings. The smallest absolute Gasteiger partial charge is 0.231 e. The van der Waals surface area contributed by atoms with E-state index < -0.39 is 0 Å². The fourth-order valence-corrected chi connectivity index (χ4v) is 2.99. The van der Waals surface area contributed by atoms with Crippen LogP contribution in [0.2, 0.25) is 0 Å². The predicted octanol–water partition coefficient (Wildman–Crippen LogP) is 1.85. The Bertz CT molecular complexity index is 726. The summed E-state index contributed by atoms with van der Waals surface area (Å²) in [7, 11) is 1.83. The summed E-state index contributed by atoms with van der Waals surface area (Å²) in [5.74, 6) is 0.0701. The number of nitrogens with zero attached hydrogens (tertiary/aromatic N) is 3. The standard InChI is InChI=1S/C14H14N4O2S/c1-8-10-5-9(3-4-11(10)16-13(8)20)12(19)6-21-14-17-15-7-18(14)2/h3-5,7-8H,6H2,1-2H3,(H,16,20)/t8-/m0/s1. The van der Waals surface area contributed by atoms with Crippen molar-refractivity contribution in [1.29, 1.82) is 0 Å². The van der Waals surface area contributed by atoms with Gasteiger partial charge in [0.05, 0.1) is 11.7 Å². The number of benzene rings is 1. The second-order valence-electron chi connectivity index (χ2n) is 4.95. The molecule has 0 radical (unpaired) electrons. The minimum Gasteiger partial charge on any atom is -0.325 e. The number of thioether (sulfide) groups is 1. The van der Waals surface area contributed by atoms with Crippen molar-refractivity contribution in [2.24, 2.45) is 7.05 Å². The highest BCUT2D eigenvalue weighted by atomic mass is 32.2. The lowest BCUT2D eigenvalue weighted by molar-refractivity contribution is -0.116. The minimum atomic E-state index is -0.209. The van der Waals surface area contributed by atoms with Crippen molar-refractivity contribution in [2.45, 2.75) is 18.0 Å². The normalized spacial score (nSPS) is 16.7. The van der Waals surface area contributed by atoms with Crippen LogP contribution in [-0.4, -0.2) is 32.2 Å². The zero-order chi connectivity index (χ0) is 15.0. The van der Waals surface area contributed by atoms with Crippen LogP contribution in [-0.2, 0) is 11.8 Å². The van der Waals surface area contributed by atoms with E-state index in [-0.39, 0.29) is 17.6 Å². The van der Waals surface area contributed by atoms with Crippen molar-refractivity contribution in [3.05, 3.63) is 35.7 Å². The molecule has 7 heteroatoms. The van der Waals surface area contributed by atoms with Gasteiger partial charge in [0.25, 0.3) is 0 Å². The molecule has 0 saturated heterocycles. The fourth-order valence-electron chi connectivity index (χ4n) is 2.21. The van der Waals surface area contributed by atoms with Crippen molar-refractivity contribution in [3.8, 4) is 0 Å². The molecule has 6 nitrogen and oxygen atoms in total. The largest absolute Gasteiger partial charge is 0.325 e. The van der Waals surface area contributed by atoms with Gasteiger partial charge < -0.3 is 9.88 Å². The van der Waals surface area contributed by atoms with Crippen molar-refractivity contribution >= 4 is 29.1 Å². The molecule has 1 aromatic heterocycles. The first-order chi connectivity index (χ1) is 10.1. The van der Waals surface area contributed by atoms with Gasteiger partial charge in [-0.2, -0.15) is 0 Å². The highest BCUT2D eigenvalue weighted by Crippen LogP contribution is 2.33. The Balaban J connectivity index is 1.74. The first-order valence-corrected chi connectivity index (χ1v) is 7.49. The van der Waals surface area contributed by atoms with Crippen LogP contribution in [0.4, 0.5) is 5.69 Å². The SMILES string of the molecule is C[C@@H]1C(=O)Nc2ccc(C(=O)CSc3nncn3C)cc21. The van der Waals surface area contributed by atoms with Gasteiger partial charge in [-0.05, 0) is 30.7 Å². The molecule has 0 unspecified atom stereocenters. The highest BCUT2D eigenvalue weighted by Gasteiger charge is 2.27. The molecule has 2 heterocycles. The lowest BCUT2D eigenvalue weighted by atomic mass is 9.99. The van der Waals surface area contributed by atoms with Crippen LogP contribution in [0.1, 0.15) is 28.8 Å². The van der Waals surface area contributed by atoms with Crippen LogP contribution in [0.5, 0.6) is 0 Å². The topological polar surface area (TPSA) is 76.9 Å². The molecular formula is C14H14N4O2S. The molecule has 1 amide bonds. The van der Waals surface area contributed by atoms with E-state index in [9.17, 15) is 9.59 Å². The van der Waals surface area contributed by atoms with Crippen LogP contribution in [0.15, 0.2) is 29.7 Å². The Kier molecular flexibility index (Phi) is 3.50. The van der Waals surface area contributed by atoms with Crippen molar-refractivity contribution in [1.82, 2.24) is 14.8 Å². The summed E-state index contributed by atoms with van der Waals surface area (Å²) >= 11 is 1.35. The molecule has 0 aliphatic carbocycles. The number of aryl methyl sites for hydroxylation is 1. The number of Topliss-reactive ketones (excluding diaryl/α,β-unsaturated/α-hetero) is 1. The first kappa shape index (κ1) is 13.8. The van der Waals surface area contributed by atoms with Crippen molar-refractivity contribution < 1.29 is 9.59 Å². The Morgan fingerprint density at radius 3 is 3.00 bits per heavy atom. The van der Waals surface area contributed by atoms with E-state index in [0.29, 0.717) is 16.5 Å². The Morgan fingerprint density at radius 2 is 2.29 bits per heavy atom. The number of carbonyl (C=O) groups is 2. The quantitative estimate of drug-likeness (QED) is 0.689. The van der Waals surface area contributed by atoms with Crippen LogP contribution < -0.4 is 5.32 Å². The molecule has 1 aromatic carbocycles. The Morgan fingerprint density at radius 1 is 1.48 bits per heavy atom. The number of hydrogen-bond acceptors (Lipinski definition) is 5. The van der Waals surface area contributed by atoms with Crippen molar-refractivity contribution in [3.63, 3.8) is 0 Å². The van der Waals surface area contributed by atoms with Gasteiger partial charge in [0.1, 0.15) is 6.33 Å². The third-order valence-corrected chi connectivity index (χ3v) is 4.53. The van der Waals surface area contributed by atoms with E-state index in [2.05, 4.69) is 15.5 Å². The van der Waals surface area contributed by atoms with Gasteiger partial charge in [0.15, 0.2) is 10.9 Å². The Labute approximate surface area is 125 Å². The maximum Gasteiger partial charge on any atom is 0.231 e. The Hall–Kier alpha value is -2.15. The molecule has 0 spiro atoms. The number of aromatic nitrogens is 3. The van der Waals surface area contributed by atoms with E-state index in [1.54, 1.807) is 29.1 Å². The number of fused-ring (bicyclic) bond motifs is 1. The van der Waals surface area contributed by atoms with Gasteiger partial charge in [-0.3, -0.25) is 9.59 Å². The number of rotatable bonds is 4. The summed E-state index contributed by atoms with van der Waals surface area (Å²) in [4.78, 5) is 23.9. The van der Waals surface area contributed by atoms with E-state index >= 15 is 0 Å². The summed E-state index contributed by atoms with van der Waals surface area (Å²) in [6.45, 7) is 1.84. The second kappa shape index (κ2) is 5.33. The monoisotopic (exact) mass is 302 g/mol. The van der Waals surface area contributed by atoms with E-state index in [1.165, 1.54) is 11.8 Å². The van der Waals surface area contributed by atoms with Gasteiger partial charge in [0, 0.05) is 18.3 Å². The zero-order valence-electron chi connectivity index (χ0n) is 11.7. The van der Waals surface area contributed by atoms with Gasteiger partial charge >= 0.3 is 0 Å². The predicted molar refractivity (Wildman–Crippen MR) is 79.5 cm³/mol. The number of hydrogen-bond donors (Lipinski definition) is 1. The van der Waals surface area contributed by atoms with E-state index in [1.807, 2.05) is 14.0 Å². The summed E-state index contributed by atoms with van der Waals surface area (Å²) in [5.41, 5.74) is 2.30. The lowest BCUT2D eigenvalue weighted by Gasteiger charge is -2.05. The fraction of sp³-hybridized carbons (Fsp3) is 0.286. The number of anilines is 1. The average Bonchev–Trinajstić information content (AvgIpc) is 3.01. The van der Waals surface area contributed by atoms with Crippen molar-refractivity contribution in [2.75, 3.05) is 11.1 Å². The maximum atomic E-state index is 12.3. The maximum absolute atomic E-state index is 12.3. The minimum absolute atomic E-state index is 0.0114. The molecular weight excluding hydrogens is 288 g/mol. The lowest BCUT2D eigenvalue weighted by Crippen LogP contribution is -2.08. The summed E-state index contributed by atoms with van der Waals surface area (Å²) in [6.07, 6.45) is 1.60. The molecule has 2 aromatic rings. The zero-order valence-corrected chi connectivity index (χ0v) is 12.5. The summed E-state index contributed by atoms with van der Waals surface area (Å²) < 4.78 is 1.77.